The lowest BCUT2D eigenvalue weighted by atomic mass is 10.1. The Morgan fingerprint density at radius 1 is 1.25 bits per heavy atom. The summed E-state index contributed by atoms with van der Waals surface area (Å²) in [5.41, 5.74) is 9.22. The molecule has 1 unspecified atom stereocenters. The van der Waals surface area contributed by atoms with E-state index in [0.29, 0.717) is 12.2 Å². The third kappa shape index (κ3) is 3.22. The normalized spacial score (nSPS) is 11.9. The lowest BCUT2D eigenvalue weighted by Gasteiger charge is -2.16. The summed E-state index contributed by atoms with van der Waals surface area (Å²) in [4.78, 5) is 0. The first kappa shape index (κ1) is 14.2. The number of hydrogen-bond acceptors (Lipinski definition) is 4. The fourth-order valence-corrected chi connectivity index (χ4v) is 1.98. The molecule has 4 nitrogen and oxygen atoms in total. The first-order chi connectivity index (χ1) is 9.61. The molecule has 2 aromatic rings. The number of aryl methyl sites for hydroxylation is 1. The molecular weight excluding hydrogens is 252 g/mol. The third-order valence-electron chi connectivity index (χ3n) is 3.28. The van der Waals surface area contributed by atoms with Crippen LogP contribution in [-0.4, -0.2) is 18.8 Å². The second kappa shape index (κ2) is 6.30. The van der Waals surface area contributed by atoms with Gasteiger partial charge in [0, 0.05) is 12.2 Å². The maximum Gasteiger partial charge on any atom is 0.141 e. The lowest BCUT2D eigenvalue weighted by Crippen LogP contribution is -2.13. The van der Waals surface area contributed by atoms with Crippen molar-refractivity contribution in [3.05, 3.63) is 53.6 Å². The van der Waals surface area contributed by atoms with Gasteiger partial charge in [-0.05, 0) is 36.2 Å². The number of aliphatic hydroxyl groups excluding tert-OH is 1. The Balaban J connectivity index is 2.04. The summed E-state index contributed by atoms with van der Waals surface area (Å²) in [5.74, 6) is 0.753. The molecule has 106 valence electrons. The molecule has 4 heteroatoms. The van der Waals surface area contributed by atoms with Crippen molar-refractivity contribution in [2.75, 3.05) is 24.7 Å². The highest BCUT2D eigenvalue weighted by Gasteiger charge is 2.09. The lowest BCUT2D eigenvalue weighted by molar-refractivity contribution is 0.191. The number of benzene rings is 2. The number of anilines is 2. The molecule has 20 heavy (non-hydrogen) atoms. The van der Waals surface area contributed by atoms with E-state index in [0.717, 1.165) is 22.6 Å². The zero-order chi connectivity index (χ0) is 14.5. The average Bonchev–Trinajstić information content (AvgIpc) is 2.47. The summed E-state index contributed by atoms with van der Waals surface area (Å²) < 4.78 is 5.25. The van der Waals surface area contributed by atoms with E-state index < -0.39 is 6.10 Å². The molecule has 0 fully saturated rings. The summed E-state index contributed by atoms with van der Waals surface area (Å²) in [6.07, 6.45) is -0.622. The number of nitrogens with two attached hydrogens (primary N) is 1. The van der Waals surface area contributed by atoms with E-state index in [1.807, 2.05) is 49.4 Å². The number of methoxy groups -OCH3 is 1. The van der Waals surface area contributed by atoms with Crippen LogP contribution in [-0.2, 0) is 0 Å². The number of para-hydroxylation sites is 2. The van der Waals surface area contributed by atoms with Crippen LogP contribution in [0.15, 0.2) is 42.5 Å². The van der Waals surface area contributed by atoms with Crippen LogP contribution in [0.25, 0.3) is 0 Å². The summed E-state index contributed by atoms with van der Waals surface area (Å²) in [6.45, 7) is 2.33. The second-order valence-electron chi connectivity index (χ2n) is 4.71. The molecule has 1 atom stereocenters. The van der Waals surface area contributed by atoms with Gasteiger partial charge in [-0.15, -0.1) is 0 Å². The molecule has 0 radical (unpaired) electrons. The van der Waals surface area contributed by atoms with Gasteiger partial charge < -0.3 is 20.9 Å². The summed E-state index contributed by atoms with van der Waals surface area (Å²) >= 11 is 0. The van der Waals surface area contributed by atoms with Crippen LogP contribution in [0.2, 0.25) is 0 Å². The molecule has 4 N–H and O–H groups in total. The Kier molecular flexibility index (Phi) is 4.48. The molecule has 2 aromatic carbocycles. The first-order valence-corrected chi connectivity index (χ1v) is 6.53. The molecule has 0 saturated carbocycles. The van der Waals surface area contributed by atoms with E-state index in [2.05, 4.69) is 5.32 Å². The van der Waals surface area contributed by atoms with Gasteiger partial charge >= 0.3 is 0 Å². The summed E-state index contributed by atoms with van der Waals surface area (Å²) in [5, 5.41) is 13.4. The van der Waals surface area contributed by atoms with Crippen molar-refractivity contribution in [2.45, 2.75) is 13.0 Å². The van der Waals surface area contributed by atoms with Crippen molar-refractivity contribution < 1.29 is 9.84 Å². The van der Waals surface area contributed by atoms with Gasteiger partial charge in [0.05, 0.1) is 18.9 Å². The number of nitrogens with one attached hydrogen (secondary N) is 1. The van der Waals surface area contributed by atoms with Crippen molar-refractivity contribution in [1.29, 1.82) is 0 Å². The zero-order valence-corrected chi connectivity index (χ0v) is 11.8. The molecule has 0 amide bonds. The molecule has 2 rings (SSSR count). The Bertz CT molecular complexity index is 584. The largest absolute Gasteiger partial charge is 0.495 e. The van der Waals surface area contributed by atoms with Gasteiger partial charge in [-0.25, -0.2) is 0 Å². The number of rotatable bonds is 5. The van der Waals surface area contributed by atoms with Crippen LogP contribution in [0.5, 0.6) is 5.75 Å². The Hall–Kier alpha value is -2.20. The van der Waals surface area contributed by atoms with Crippen LogP contribution >= 0.6 is 0 Å². The average molecular weight is 272 g/mol. The van der Waals surface area contributed by atoms with Crippen LogP contribution in [0, 0.1) is 6.92 Å². The van der Waals surface area contributed by atoms with E-state index in [1.54, 1.807) is 7.11 Å². The summed E-state index contributed by atoms with van der Waals surface area (Å²) in [6, 6.07) is 13.2. The van der Waals surface area contributed by atoms with Crippen LogP contribution in [0.3, 0.4) is 0 Å². The van der Waals surface area contributed by atoms with Gasteiger partial charge in [-0.1, -0.05) is 24.3 Å². The maximum absolute atomic E-state index is 10.2. The molecular formula is C16H20N2O2. The second-order valence-corrected chi connectivity index (χ2v) is 4.71. The highest BCUT2D eigenvalue weighted by Crippen LogP contribution is 2.25. The molecule has 0 aliphatic heterocycles. The Morgan fingerprint density at radius 2 is 2.00 bits per heavy atom. The van der Waals surface area contributed by atoms with Gasteiger partial charge in [-0.3, -0.25) is 0 Å². The van der Waals surface area contributed by atoms with E-state index in [-0.39, 0.29) is 0 Å². The fraction of sp³-hybridized carbons (Fsp3) is 0.250. The highest BCUT2D eigenvalue weighted by atomic mass is 16.5. The maximum atomic E-state index is 10.2. The predicted molar refractivity (Wildman–Crippen MR) is 82.0 cm³/mol. The highest BCUT2D eigenvalue weighted by molar-refractivity contribution is 5.56. The first-order valence-electron chi connectivity index (χ1n) is 6.53. The number of ether oxygens (including phenoxy) is 1. The van der Waals surface area contributed by atoms with Gasteiger partial charge in [0.25, 0.3) is 0 Å². The zero-order valence-electron chi connectivity index (χ0n) is 11.8. The number of nitrogen functional groups attached to an aromatic ring is 1. The van der Waals surface area contributed by atoms with Crippen molar-refractivity contribution in [1.82, 2.24) is 0 Å². The minimum absolute atomic E-state index is 0.392. The molecule has 0 spiro atoms. The van der Waals surface area contributed by atoms with Crippen LogP contribution < -0.4 is 15.8 Å². The monoisotopic (exact) mass is 272 g/mol. The Labute approximate surface area is 119 Å². The van der Waals surface area contributed by atoms with Crippen molar-refractivity contribution in [2.24, 2.45) is 0 Å². The predicted octanol–water partition coefficient (Wildman–Crippen LogP) is 2.73. The van der Waals surface area contributed by atoms with Gasteiger partial charge in [0.2, 0.25) is 0 Å². The SMILES string of the molecule is COc1ccccc1NCC(O)c1ccc(C)c(N)c1. The molecule has 0 saturated heterocycles. The molecule has 0 aliphatic carbocycles. The Morgan fingerprint density at radius 3 is 2.70 bits per heavy atom. The van der Waals surface area contributed by atoms with Crippen LogP contribution in [0.1, 0.15) is 17.2 Å². The number of hydrogen-bond donors (Lipinski definition) is 3. The molecule has 0 heterocycles. The van der Waals surface area contributed by atoms with Crippen LogP contribution in [0.4, 0.5) is 11.4 Å². The molecule has 0 bridgehead atoms. The molecule has 0 aliphatic rings. The summed E-state index contributed by atoms with van der Waals surface area (Å²) in [7, 11) is 1.62. The van der Waals surface area contributed by atoms with E-state index in [1.165, 1.54) is 0 Å². The minimum atomic E-state index is -0.622. The minimum Gasteiger partial charge on any atom is -0.495 e. The smallest absolute Gasteiger partial charge is 0.141 e. The van der Waals surface area contributed by atoms with Crippen molar-refractivity contribution in [3.8, 4) is 5.75 Å². The topological polar surface area (TPSA) is 67.5 Å². The third-order valence-corrected chi connectivity index (χ3v) is 3.28. The standard InChI is InChI=1S/C16H20N2O2/c1-11-7-8-12(9-13(11)17)15(19)10-18-14-5-3-4-6-16(14)20-2/h3-9,15,18-19H,10,17H2,1-2H3. The fourth-order valence-electron chi connectivity index (χ4n) is 1.98. The number of aliphatic hydroxyl groups is 1. The van der Waals surface area contributed by atoms with Crippen molar-refractivity contribution >= 4 is 11.4 Å². The van der Waals surface area contributed by atoms with Crippen molar-refractivity contribution in [3.63, 3.8) is 0 Å². The van der Waals surface area contributed by atoms with Gasteiger partial charge in [-0.2, -0.15) is 0 Å². The van der Waals surface area contributed by atoms with Gasteiger partial charge in [0.1, 0.15) is 5.75 Å². The molecule has 0 aromatic heterocycles. The van der Waals surface area contributed by atoms with Gasteiger partial charge in [0.15, 0.2) is 0 Å². The van der Waals surface area contributed by atoms with E-state index >= 15 is 0 Å². The quantitative estimate of drug-likeness (QED) is 0.732. The van der Waals surface area contributed by atoms with E-state index in [9.17, 15) is 5.11 Å². The van der Waals surface area contributed by atoms with E-state index in [4.69, 9.17) is 10.5 Å².